The molecule has 35 heavy (non-hydrogen) atoms. The van der Waals surface area contributed by atoms with Crippen LogP contribution >= 0.6 is 0 Å². The second-order valence-electron chi connectivity index (χ2n) is 8.91. The lowest BCUT2D eigenvalue weighted by molar-refractivity contribution is -0.128. The van der Waals surface area contributed by atoms with Crippen LogP contribution in [0.4, 0.5) is 4.39 Å². The summed E-state index contributed by atoms with van der Waals surface area (Å²) in [6.45, 7) is 6.42. The molecule has 0 fully saturated rings. The summed E-state index contributed by atoms with van der Waals surface area (Å²) in [5.74, 6) is 0.0383. The van der Waals surface area contributed by atoms with Gasteiger partial charge in [-0.1, -0.05) is 56.3 Å². The SMILES string of the molecule is CC(C)CN(C(=O)/C=C/c1ccccc1)C(C)c1nc2ccccc2c(=O)n1-c1ccc(F)cc1. The van der Waals surface area contributed by atoms with Crippen molar-refractivity contribution in [1.29, 1.82) is 0 Å². The van der Waals surface area contributed by atoms with Gasteiger partial charge in [0, 0.05) is 12.6 Å². The number of fused-ring (bicyclic) bond motifs is 1. The van der Waals surface area contributed by atoms with Crippen LogP contribution in [0, 0.1) is 11.7 Å². The fourth-order valence-corrected chi connectivity index (χ4v) is 4.07. The summed E-state index contributed by atoms with van der Waals surface area (Å²) in [6.07, 6.45) is 3.33. The highest BCUT2D eigenvalue weighted by atomic mass is 19.1. The Hall–Kier alpha value is -4.06. The Bertz CT molecular complexity index is 1410. The fourth-order valence-electron chi connectivity index (χ4n) is 4.07. The van der Waals surface area contributed by atoms with Crippen molar-refractivity contribution >= 4 is 22.9 Å². The predicted molar refractivity (Wildman–Crippen MR) is 138 cm³/mol. The zero-order valence-electron chi connectivity index (χ0n) is 20.1. The van der Waals surface area contributed by atoms with Crippen molar-refractivity contribution in [3.8, 4) is 5.69 Å². The standard InChI is InChI=1S/C29H28FN3O2/c1-20(2)19-32(27(34)18-13-22-9-5-4-6-10-22)21(3)28-31-26-12-8-7-11-25(26)29(35)33(28)24-16-14-23(30)15-17-24/h4-18,20-21H,19H2,1-3H3/b18-13+. The van der Waals surface area contributed by atoms with Gasteiger partial charge in [0.25, 0.3) is 5.56 Å². The van der Waals surface area contributed by atoms with E-state index in [1.54, 1.807) is 47.4 Å². The molecule has 5 nitrogen and oxygen atoms in total. The van der Waals surface area contributed by atoms with E-state index in [1.807, 2.05) is 57.2 Å². The Kier molecular flexibility index (Phi) is 7.20. The molecule has 6 heteroatoms. The van der Waals surface area contributed by atoms with Crippen molar-refractivity contribution in [3.05, 3.63) is 112 Å². The Balaban J connectivity index is 1.83. The van der Waals surface area contributed by atoms with Crippen LogP contribution in [0.1, 0.15) is 38.2 Å². The Morgan fingerprint density at radius 2 is 1.63 bits per heavy atom. The molecule has 178 valence electrons. The Labute approximate surface area is 204 Å². The summed E-state index contributed by atoms with van der Waals surface area (Å²) in [5.41, 5.74) is 1.70. The van der Waals surface area contributed by atoms with Crippen molar-refractivity contribution in [2.24, 2.45) is 5.92 Å². The van der Waals surface area contributed by atoms with Gasteiger partial charge in [-0.3, -0.25) is 14.2 Å². The molecule has 0 N–H and O–H groups in total. The quantitative estimate of drug-likeness (QED) is 0.322. The molecule has 3 aromatic carbocycles. The van der Waals surface area contributed by atoms with Crippen LogP contribution in [-0.4, -0.2) is 26.9 Å². The minimum atomic E-state index is -0.521. The molecule has 1 amide bonds. The summed E-state index contributed by atoms with van der Waals surface area (Å²) in [5, 5.41) is 0.457. The van der Waals surface area contributed by atoms with Gasteiger partial charge in [-0.15, -0.1) is 0 Å². The van der Waals surface area contributed by atoms with E-state index in [1.165, 1.54) is 16.7 Å². The molecule has 0 radical (unpaired) electrons. The number of aromatic nitrogens is 2. The van der Waals surface area contributed by atoms with Gasteiger partial charge in [0.15, 0.2) is 0 Å². The molecule has 0 aliphatic rings. The van der Waals surface area contributed by atoms with Gasteiger partial charge < -0.3 is 4.90 Å². The molecule has 0 spiro atoms. The van der Waals surface area contributed by atoms with E-state index in [9.17, 15) is 14.0 Å². The fraction of sp³-hybridized carbons (Fsp3) is 0.207. The summed E-state index contributed by atoms with van der Waals surface area (Å²) in [6, 6.07) is 21.9. The topological polar surface area (TPSA) is 55.2 Å². The lowest BCUT2D eigenvalue weighted by Gasteiger charge is -2.31. The molecular weight excluding hydrogens is 441 g/mol. The number of halogens is 1. The van der Waals surface area contributed by atoms with Crippen LogP contribution in [0.2, 0.25) is 0 Å². The van der Waals surface area contributed by atoms with Crippen LogP contribution in [0.3, 0.4) is 0 Å². The predicted octanol–water partition coefficient (Wildman–Crippen LogP) is 5.78. The third-order valence-corrected chi connectivity index (χ3v) is 5.79. The van der Waals surface area contributed by atoms with E-state index in [0.29, 0.717) is 29.0 Å². The molecule has 0 saturated carbocycles. The first-order chi connectivity index (χ1) is 16.8. The minimum absolute atomic E-state index is 0.178. The minimum Gasteiger partial charge on any atom is -0.329 e. The van der Waals surface area contributed by atoms with Crippen molar-refractivity contribution in [2.75, 3.05) is 6.54 Å². The Morgan fingerprint density at radius 3 is 2.31 bits per heavy atom. The number of nitrogens with zero attached hydrogens (tertiary/aromatic N) is 3. The van der Waals surface area contributed by atoms with E-state index in [-0.39, 0.29) is 17.4 Å². The average molecular weight is 470 g/mol. The van der Waals surface area contributed by atoms with E-state index < -0.39 is 11.9 Å². The van der Waals surface area contributed by atoms with E-state index >= 15 is 0 Å². The van der Waals surface area contributed by atoms with E-state index in [0.717, 1.165) is 5.56 Å². The number of carbonyl (C=O) groups is 1. The van der Waals surface area contributed by atoms with E-state index in [4.69, 9.17) is 4.98 Å². The van der Waals surface area contributed by atoms with Gasteiger partial charge in [-0.2, -0.15) is 0 Å². The zero-order valence-corrected chi connectivity index (χ0v) is 20.1. The summed E-state index contributed by atoms with van der Waals surface area (Å²) >= 11 is 0. The number of carbonyl (C=O) groups excluding carboxylic acids is 1. The van der Waals surface area contributed by atoms with Crippen LogP contribution in [0.25, 0.3) is 22.7 Å². The third-order valence-electron chi connectivity index (χ3n) is 5.79. The van der Waals surface area contributed by atoms with Crippen LogP contribution < -0.4 is 5.56 Å². The number of amides is 1. The van der Waals surface area contributed by atoms with E-state index in [2.05, 4.69) is 0 Å². The highest BCUT2D eigenvalue weighted by Gasteiger charge is 2.26. The summed E-state index contributed by atoms with van der Waals surface area (Å²) in [7, 11) is 0. The lowest BCUT2D eigenvalue weighted by Crippen LogP contribution is -2.38. The van der Waals surface area contributed by atoms with Crippen molar-refractivity contribution in [3.63, 3.8) is 0 Å². The second kappa shape index (κ2) is 10.5. The molecule has 1 atom stereocenters. The first-order valence-electron chi connectivity index (χ1n) is 11.7. The summed E-state index contributed by atoms with van der Waals surface area (Å²) < 4.78 is 15.1. The maximum Gasteiger partial charge on any atom is 0.266 e. The first-order valence-corrected chi connectivity index (χ1v) is 11.7. The smallest absolute Gasteiger partial charge is 0.266 e. The van der Waals surface area contributed by atoms with Gasteiger partial charge in [0.05, 0.1) is 22.6 Å². The van der Waals surface area contributed by atoms with Crippen LogP contribution in [0.15, 0.2) is 89.7 Å². The molecule has 1 unspecified atom stereocenters. The maximum atomic E-state index is 13.7. The monoisotopic (exact) mass is 469 g/mol. The molecular formula is C29H28FN3O2. The Morgan fingerprint density at radius 1 is 0.971 bits per heavy atom. The number of hydrogen-bond donors (Lipinski definition) is 0. The van der Waals surface area contributed by atoms with Crippen molar-refractivity contribution < 1.29 is 9.18 Å². The first kappa shape index (κ1) is 24.1. The highest BCUT2D eigenvalue weighted by molar-refractivity contribution is 5.92. The van der Waals surface area contributed by atoms with Gasteiger partial charge in [-0.05, 0) is 60.9 Å². The zero-order chi connectivity index (χ0) is 24.9. The maximum absolute atomic E-state index is 13.7. The van der Waals surface area contributed by atoms with Crippen molar-refractivity contribution in [1.82, 2.24) is 14.5 Å². The van der Waals surface area contributed by atoms with Gasteiger partial charge in [0.2, 0.25) is 5.91 Å². The molecule has 1 heterocycles. The molecule has 0 aliphatic heterocycles. The third kappa shape index (κ3) is 5.38. The number of benzene rings is 3. The van der Waals surface area contributed by atoms with Gasteiger partial charge >= 0.3 is 0 Å². The normalized spacial score (nSPS) is 12.4. The highest BCUT2D eigenvalue weighted by Crippen LogP contribution is 2.24. The number of para-hydroxylation sites is 1. The molecule has 4 rings (SSSR count). The molecule has 0 saturated heterocycles. The average Bonchev–Trinajstić information content (AvgIpc) is 2.86. The molecule has 1 aromatic heterocycles. The number of rotatable bonds is 7. The second-order valence-corrected chi connectivity index (χ2v) is 8.91. The van der Waals surface area contributed by atoms with Crippen molar-refractivity contribution in [2.45, 2.75) is 26.8 Å². The van der Waals surface area contributed by atoms with Crippen LogP contribution in [-0.2, 0) is 4.79 Å². The van der Waals surface area contributed by atoms with Crippen LogP contribution in [0.5, 0.6) is 0 Å². The largest absolute Gasteiger partial charge is 0.329 e. The van der Waals surface area contributed by atoms with Gasteiger partial charge in [-0.25, -0.2) is 9.37 Å². The lowest BCUT2D eigenvalue weighted by atomic mass is 10.1. The summed E-state index contributed by atoms with van der Waals surface area (Å²) in [4.78, 5) is 33.5. The molecule has 0 aliphatic carbocycles. The van der Waals surface area contributed by atoms with Gasteiger partial charge in [0.1, 0.15) is 11.6 Å². The number of hydrogen-bond acceptors (Lipinski definition) is 3. The molecule has 0 bridgehead atoms. The molecule has 4 aromatic rings.